The third-order valence-electron chi connectivity index (χ3n) is 4.92. The van der Waals surface area contributed by atoms with E-state index in [-0.39, 0.29) is 48.9 Å². The van der Waals surface area contributed by atoms with E-state index in [1.807, 2.05) is 0 Å². The lowest BCUT2D eigenvalue weighted by Gasteiger charge is -2.32. The summed E-state index contributed by atoms with van der Waals surface area (Å²) < 4.78 is 0. The number of aliphatic hydroxyl groups is 1. The highest BCUT2D eigenvalue weighted by atomic mass is 35.5. The van der Waals surface area contributed by atoms with E-state index in [0.717, 1.165) is 38.9 Å². The van der Waals surface area contributed by atoms with Crippen molar-refractivity contribution in [2.75, 3.05) is 26.2 Å². The number of nitrogens with one attached hydrogen (secondary N) is 2. The van der Waals surface area contributed by atoms with Gasteiger partial charge in [-0.1, -0.05) is 30.3 Å². The number of hydrogen-bond acceptors (Lipinski definition) is 4. The summed E-state index contributed by atoms with van der Waals surface area (Å²) >= 11 is 0. The lowest BCUT2D eigenvalue weighted by atomic mass is 10.0. The number of rotatable bonds is 5. The van der Waals surface area contributed by atoms with Crippen LogP contribution in [0.4, 0.5) is 0 Å². The molecule has 0 radical (unpaired) electrons. The number of halogens is 2. The number of carbonyl (C=O) groups excluding carboxylic acids is 1. The highest BCUT2D eigenvalue weighted by Gasteiger charge is 2.30. The number of aliphatic hydroxyl groups excluding tert-OH is 1. The summed E-state index contributed by atoms with van der Waals surface area (Å²) in [6, 6.07) is 10.6. The van der Waals surface area contributed by atoms with Gasteiger partial charge >= 0.3 is 0 Å². The second-order valence-corrected chi connectivity index (χ2v) is 6.71. The molecule has 2 heterocycles. The first-order valence-corrected chi connectivity index (χ1v) is 8.69. The van der Waals surface area contributed by atoms with Crippen molar-refractivity contribution in [2.24, 2.45) is 0 Å². The van der Waals surface area contributed by atoms with Crippen LogP contribution in [0.1, 0.15) is 24.8 Å². The van der Waals surface area contributed by atoms with E-state index in [2.05, 4.69) is 45.9 Å². The monoisotopic (exact) mass is 389 g/mol. The number of hydrogen-bond donors (Lipinski definition) is 3. The van der Waals surface area contributed by atoms with E-state index >= 15 is 0 Å². The van der Waals surface area contributed by atoms with E-state index in [1.165, 1.54) is 5.56 Å². The van der Waals surface area contributed by atoms with Gasteiger partial charge in [0.25, 0.3) is 0 Å². The molecule has 3 rings (SSSR count). The maximum atomic E-state index is 12.2. The fourth-order valence-corrected chi connectivity index (χ4v) is 3.45. The molecule has 0 aliphatic carbocycles. The lowest BCUT2D eigenvalue weighted by molar-refractivity contribution is -0.124. The van der Waals surface area contributed by atoms with Crippen LogP contribution < -0.4 is 10.6 Å². The summed E-state index contributed by atoms with van der Waals surface area (Å²) in [4.78, 5) is 14.6. The van der Waals surface area contributed by atoms with Gasteiger partial charge in [-0.25, -0.2) is 0 Å². The highest BCUT2D eigenvalue weighted by molar-refractivity contribution is 5.85. The van der Waals surface area contributed by atoms with Gasteiger partial charge in [-0.3, -0.25) is 4.79 Å². The van der Waals surface area contributed by atoms with Gasteiger partial charge in [-0.05, 0) is 31.2 Å². The average Bonchev–Trinajstić information content (AvgIpc) is 3.02. The van der Waals surface area contributed by atoms with E-state index in [4.69, 9.17) is 0 Å². The fraction of sp³-hybridized carbons (Fsp3) is 0.611. The molecule has 5 nitrogen and oxygen atoms in total. The predicted molar refractivity (Wildman–Crippen MR) is 105 cm³/mol. The predicted octanol–water partition coefficient (Wildman–Crippen LogP) is 1.38. The van der Waals surface area contributed by atoms with Gasteiger partial charge < -0.3 is 20.6 Å². The molecule has 1 aromatic rings. The van der Waals surface area contributed by atoms with Crippen LogP contribution in [0.3, 0.4) is 0 Å². The maximum Gasteiger partial charge on any atom is 0.237 e. The van der Waals surface area contributed by atoms with Crippen molar-refractivity contribution in [3.05, 3.63) is 35.9 Å². The van der Waals surface area contributed by atoms with Crippen molar-refractivity contribution in [3.63, 3.8) is 0 Å². The van der Waals surface area contributed by atoms with Crippen LogP contribution in [0.15, 0.2) is 30.3 Å². The Morgan fingerprint density at radius 1 is 1.20 bits per heavy atom. The quantitative estimate of drug-likeness (QED) is 0.711. The fourth-order valence-electron chi connectivity index (χ4n) is 3.45. The molecular weight excluding hydrogens is 361 g/mol. The first kappa shape index (κ1) is 22.2. The Kier molecular flexibility index (Phi) is 9.75. The number of nitrogens with zero attached hydrogens (tertiary/aromatic N) is 1. The number of likely N-dealkylation sites (tertiary alicyclic amines) is 1. The molecule has 3 N–H and O–H groups in total. The van der Waals surface area contributed by atoms with Crippen molar-refractivity contribution in [1.82, 2.24) is 15.5 Å². The molecule has 2 atom stereocenters. The molecule has 1 amide bonds. The van der Waals surface area contributed by atoms with Gasteiger partial charge in [0, 0.05) is 32.2 Å². The summed E-state index contributed by atoms with van der Waals surface area (Å²) in [7, 11) is 0. The van der Waals surface area contributed by atoms with Crippen molar-refractivity contribution in [3.8, 4) is 0 Å². The van der Waals surface area contributed by atoms with Crippen LogP contribution >= 0.6 is 24.8 Å². The zero-order valence-electron chi connectivity index (χ0n) is 14.4. The molecule has 2 fully saturated rings. The van der Waals surface area contributed by atoms with Crippen LogP contribution in [0.5, 0.6) is 0 Å². The molecule has 2 aliphatic heterocycles. The number of benzene rings is 1. The molecule has 25 heavy (non-hydrogen) atoms. The Morgan fingerprint density at radius 3 is 2.48 bits per heavy atom. The third-order valence-corrected chi connectivity index (χ3v) is 4.92. The molecular formula is C18H29Cl2N3O2. The molecule has 1 aromatic carbocycles. The molecule has 0 aromatic heterocycles. The van der Waals surface area contributed by atoms with Gasteiger partial charge in [0.05, 0.1) is 12.1 Å². The third kappa shape index (κ3) is 6.76. The van der Waals surface area contributed by atoms with Crippen LogP contribution in [0, 0.1) is 0 Å². The number of piperidine rings is 1. The van der Waals surface area contributed by atoms with Gasteiger partial charge in [-0.2, -0.15) is 0 Å². The smallest absolute Gasteiger partial charge is 0.237 e. The molecule has 142 valence electrons. The lowest BCUT2D eigenvalue weighted by Crippen LogP contribution is -2.49. The second kappa shape index (κ2) is 11.0. The first-order chi connectivity index (χ1) is 11.2. The second-order valence-electron chi connectivity index (χ2n) is 6.71. The van der Waals surface area contributed by atoms with Gasteiger partial charge in [-0.15, -0.1) is 24.8 Å². The maximum absolute atomic E-state index is 12.2. The van der Waals surface area contributed by atoms with Crippen LogP contribution in [-0.4, -0.2) is 60.3 Å². The molecule has 2 aliphatic rings. The molecule has 2 saturated heterocycles. The van der Waals surface area contributed by atoms with E-state index in [1.54, 1.807) is 0 Å². The Balaban J connectivity index is 0.00000156. The average molecular weight is 390 g/mol. The Hall–Kier alpha value is -0.850. The Bertz CT molecular complexity index is 510. The van der Waals surface area contributed by atoms with Crippen LogP contribution in [0.2, 0.25) is 0 Å². The summed E-state index contributed by atoms with van der Waals surface area (Å²) in [6.45, 7) is 3.69. The minimum absolute atomic E-state index is 0. The number of amides is 1. The van der Waals surface area contributed by atoms with Crippen molar-refractivity contribution < 1.29 is 9.90 Å². The molecule has 0 spiro atoms. The van der Waals surface area contributed by atoms with E-state index in [9.17, 15) is 9.90 Å². The van der Waals surface area contributed by atoms with Gasteiger partial charge in [0.15, 0.2) is 0 Å². The normalized spacial score (nSPS) is 24.2. The minimum Gasteiger partial charge on any atom is -0.392 e. The van der Waals surface area contributed by atoms with E-state index in [0.29, 0.717) is 13.0 Å². The van der Waals surface area contributed by atoms with E-state index < -0.39 is 0 Å². The minimum atomic E-state index is -0.384. The molecule has 0 bridgehead atoms. The summed E-state index contributed by atoms with van der Waals surface area (Å²) in [5, 5.41) is 15.7. The largest absolute Gasteiger partial charge is 0.392 e. The van der Waals surface area contributed by atoms with Crippen molar-refractivity contribution in [1.29, 1.82) is 0 Å². The zero-order chi connectivity index (χ0) is 16.1. The van der Waals surface area contributed by atoms with Crippen molar-refractivity contribution in [2.45, 2.75) is 43.9 Å². The molecule has 2 unspecified atom stereocenters. The standard InChI is InChI=1S/C18H27N3O2.2ClH/c22-16-12-17(19-13-16)18(23)20-15-7-10-21(11-8-15)9-6-14-4-2-1-3-5-14;;/h1-5,15-17,19,22H,6-13H2,(H,20,23);2*1H. The van der Waals surface area contributed by atoms with Crippen LogP contribution in [0.25, 0.3) is 0 Å². The molecule has 0 saturated carbocycles. The number of β-amino-alcohol motifs (C(OH)–C–C–N with tert-alkyl or cyclic N) is 1. The Labute approximate surface area is 162 Å². The first-order valence-electron chi connectivity index (χ1n) is 8.69. The summed E-state index contributed by atoms with van der Waals surface area (Å²) in [5.74, 6) is 0.0456. The van der Waals surface area contributed by atoms with Gasteiger partial charge in [0.2, 0.25) is 5.91 Å². The zero-order valence-corrected chi connectivity index (χ0v) is 16.0. The van der Waals surface area contributed by atoms with Crippen molar-refractivity contribution >= 4 is 30.7 Å². The SMILES string of the molecule is Cl.Cl.O=C(NC1CCN(CCc2ccccc2)CC1)C1CC(O)CN1. The molecule has 7 heteroatoms. The Morgan fingerprint density at radius 2 is 1.88 bits per heavy atom. The number of carbonyl (C=O) groups is 1. The highest BCUT2D eigenvalue weighted by Crippen LogP contribution is 2.13. The van der Waals surface area contributed by atoms with Gasteiger partial charge in [0.1, 0.15) is 0 Å². The van der Waals surface area contributed by atoms with Crippen LogP contribution in [-0.2, 0) is 11.2 Å². The summed E-state index contributed by atoms with van der Waals surface area (Å²) in [5.41, 5.74) is 1.38. The topological polar surface area (TPSA) is 64.6 Å². The summed E-state index contributed by atoms with van der Waals surface area (Å²) in [6.07, 6.45) is 3.25.